The summed E-state index contributed by atoms with van der Waals surface area (Å²) in [5.74, 6) is -0.531. The predicted octanol–water partition coefficient (Wildman–Crippen LogP) is 3.34. The molecule has 8 nitrogen and oxygen atoms in total. The van der Waals surface area contributed by atoms with E-state index >= 15 is 0 Å². The molecule has 1 heterocycles. The van der Waals surface area contributed by atoms with E-state index < -0.39 is 11.9 Å². The maximum absolute atomic E-state index is 12.9. The van der Waals surface area contributed by atoms with E-state index in [1.54, 1.807) is 55.5 Å². The van der Waals surface area contributed by atoms with Crippen LogP contribution in [0.15, 0.2) is 53.0 Å². The fourth-order valence-electron chi connectivity index (χ4n) is 3.24. The molecule has 2 aromatic rings. The van der Waals surface area contributed by atoms with E-state index in [0.29, 0.717) is 30.2 Å². The Morgan fingerprint density at radius 2 is 1.88 bits per heavy atom. The monoisotopic (exact) mass is 518 g/mol. The SMILES string of the molecule is CCOc1cccc(NC(=O)CC2C(=O)N(CC)C(=S)N2NC(=O)c2ccc(Br)cc2)c1. The summed E-state index contributed by atoms with van der Waals surface area (Å²) in [6.07, 6.45) is -0.186. The zero-order valence-electron chi connectivity index (χ0n) is 17.6. The number of amides is 3. The van der Waals surface area contributed by atoms with E-state index in [9.17, 15) is 14.4 Å². The molecular formula is C22H23BrN4O4S. The Morgan fingerprint density at radius 3 is 2.53 bits per heavy atom. The number of nitrogens with zero attached hydrogens (tertiary/aromatic N) is 2. The fraction of sp³-hybridized carbons (Fsp3) is 0.273. The van der Waals surface area contributed by atoms with Crippen molar-refractivity contribution in [2.75, 3.05) is 18.5 Å². The van der Waals surface area contributed by atoms with Crippen LogP contribution in [0.1, 0.15) is 30.6 Å². The van der Waals surface area contributed by atoms with Crippen LogP contribution in [0.25, 0.3) is 0 Å². The van der Waals surface area contributed by atoms with Gasteiger partial charge in [-0.25, -0.2) is 5.01 Å². The molecule has 1 saturated heterocycles. The van der Waals surface area contributed by atoms with Crippen LogP contribution in [0.2, 0.25) is 0 Å². The lowest BCUT2D eigenvalue weighted by molar-refractivity contribution is -0.130. The average molecular weight is 519 g/mol. The number of carbonyl (C=O) groups is 3. The number of anilines is 1. The Bertz CT molecular complexity index is 1030. The summed E-state index contributed by atoms with van der Waals surface area (Å²) in [6.45, 7) is 4.49. The lowest BCUT2D eigenvalue weighted by Gasteiger charge is -2.24. The highest BCUT2D eigenvalue weighted by atomic mass is 79.9. The first kappa shape index (κ1) is 23.7. The number of nitrogens with one attached hydrogen (secondary N) is 2. The van der Waals surface area contributed by atoms with Crippen LogP contribution in [-0.2, 0) is 9.59 Å². The molecule has 0 aromatic heterocycles. The molecule has 0 saturated carbocycles. The summed E-state index contributed by atoms with van der Waals surface area (Å²) < 4.78 is 6.28. The quantitative estimate of drug-likeness (QED) is 0.520. The van der Waals surface area contributed by atoms with E-state index in [2.05, 4.69) is 26.7 Å². The molecule has 1 aliphatic rings. The van der Waals surface area contributed by atoms with E-state index in [4.69, 9.17) is 17.0 Å². The zero-order chi connectivity index (χ0) is 23.3. The van der Waals surface area contributed by atoms with Gasteiger partial charge in [0.05, 0.1) is 13.0 Å². The summed E-state index contributed by atoms with van der Waals surface area (Å²) in [5.41, 5.74) is 3.63. The van der Waals surface area contributed by atoms with Crippen molar-refractivity contribution in [3.63, 3.8) is 0 Å². The zero-order valence-corrected chi connectivity index (χ0v) is 20.0. The van der Waals surface area contributed by atoms with E-state index in [1.807, 2.05) is 6.92 Å². The van der Waals surface area contributed by atoms with Gasteiger partial charge in [-0.3, -0.25) is 24.7 Å². The van der Waals surface area contributed by atoms with Crippen molar-refractivity contribution in [3.05, 3.63) is 58.6 Å². The minimum absolute atomic E-state index is 0.152. The second-order valence-electron chi connectivity index (χ2n) is 6.91. The lowest BCUT2D eigenvalue weighted by atomic mass is 10.1. The molecule has 32 heavy (non-hydrogen) atoms. The van der Waals surface area contributed by atoms with Crippen LogP contribution in [-0.4, -0.2) is 51.9 Å². The number of rotatable bonds is 8. The molecular weight excluding hydrogens is 496 g/mol. The van der Waals surface area contributed by atoms with Crippen LogP contribution in [0.4, 0.5) is 5.69 Å². The molecule has 0 aliphatic carbocycles. The van der Waals surface area contributed by atoms with Gasteiger partial charge in [-0.1, -0.05) is 22.0 Å². The van der Waals surface area contributed by atoms with Crippen molar-refractivity contribution >= 4 is 56.7 Å². The van der Waals surface area contributed by atoms with Gasteiger partial charge in [0.2, 0.25) is 5.91 Å². The number of thiocarbonyl (C=S) groups is 1. The number of ether oxygens (including phenoxy) is 1. The van der Waals surface area contributed by atoms with Gasteiger partial charge >= 0.3 is 0 Å². The number of benzene rings is 2. The molecule has 1 fully saturated rings. The Balaban J connectivity index is 1.74. The maximum Gasteiger partial charge on any atom is 0.269 e. The van der Waals surface area contributed by atoms with Gasteiger partial charge in [0.1, 0.15) is 11.8 Å². The van der Waals surface area contributed by atoms with Gasteiger partial charge in [0.15, 0.2) is 5.11 Å². The topological polar surface area (TPSA) is 91.0 Å². The van der Waals surface area contributed by atoms with Crippen LogP contribution in [0, 0.1) is 0 Å². The van der Waals surface area contributed by atoms with E-state index in [-0.39, 0.29) is 23.3 Å². The molecule has 10 heteroatoms. The van der Waals surface area contributed by atoms with Gasteiger partial charge in [0, 0.05) is 28.3 Å². The summed E-state index contributed by atoms with van der Waals surface area (Å²) in [6, 6.07) is 12.8. The van der Waals surface area contributed by atoms with Crippen LogP contribution < -0.4 is 15.5 Å². The smallest absolute Gasteiger partial charge is 0.269 e. The normalized spacial score (nSPS) is 15.7. The number of carbonyl (C=O) groups excluding carboxylic acids is 3. The van der Waals surface area contributed by atoms with Crippen molar-refractivity contribution in [1.29, 1.82) is 0 Å². The molecule has 2 aromatic carbocycles. The third-order valence-corrected chi connectivity index (χ3v) is 5.70. The van der Waals surface area contributed by atoms with E-state index in [0.717, 1.165) is 4.47 Å². The summed E-state index contributed by atoms with van der Waals surface area (Å²) >= 11 is 8.72. The molecule has 168 valence electrons. The standard InChI is InChI=1S/C22H23BrN4O4S/c1-3-26-21(30)18(13-19(28)24-16-6-5-7-17(12-16)31-4-2)27(22(26)32)25-20(29)14-8-10-15(23)11-9-14/h5-12,18H,3-4,13H2,1-2H3,(H,24,28)(H,25,29). The van der Waals surface area contributed by atoms with Gasteiger partial charge in [-0.15, -0.1) is 0 Å². The molecule has 0 bridgehead atoms. The number of hydrazine groups is 1. The third-order valence-electron chi connectivity index (χ3n) is 4.75. The third kappa shape index (κ3) is 5.43. The van der Waals surface area contributed by atoms with Crippen LogP contribution >= 0.6 is 28.1 Å². The Kier molecular flexibility index (Phi) is 7.81. The van der Waals surface area contributed by atoms with Crippen molar-refractivity contribution in [2.45, 2.75) is 26.3 Å². The van der Waals surface area contributed by atoms with Crippen LogP contribution in [0.3, 0.4) is 0 Å². The van der Waals surface area contributed by atoms with Crippen LogP contribution in [0.5, 0.6) is 5.75 Å². The van der Waals surface area contributed by atoms with E-state index in [1.165, 1.54) is 9.91 Å². The molecule has 2 N–H and O–H groups in total. The van der Waals surface area contributed by atoms with Crippen molar-refractivity contribution < 1.29 is 19.1 Å². The van der Waals surface area contributed by atoms with Crippen molar-refractivity contribution in [3.8, 4) is 5.75 Å². The highest BCUT2D eigenvalue weighted by molar-refractivity contribution is 9.10. The summed E-state index contributed by atoms with van der Waals surface area (Å²) in [4.78, 5) is 39.7. The molecule has 0 radical (unpaired) electrons. The fourth-order valence-corrected chi connectivity index (χ4v) is 3.89. The highest BCUT2D eigenvalue weighted by Gasteiger charge is 2.43. The van der Waals surface area contributed by atoms with Gasteiger partial charge in [0.25, 0.3) is 11.8 Å². The molecule has 1 unspecified atom stereocenters. The number of hydrogen-bond donors (Lipinski definition) is 2. The molecule has 3 rings (SSSR count). The highest BCUT2D eigenvalue weighted by Crippen LogP contribution is 2.22. The lowest BCUT2D eigenvalue weighted by Crippen LogP contribution is -2.49. The number of likely N-dealkylation sites (N-methyl/N-ethyl adjacent to an activating group) is 1. The van der Waals surface area contributed by atoms with Gasteiger partial charge in [-0.05, 0) is 62.5 Å². The first-order valence-corrected chi connectivity index (χ1v) is 11.3. The second-order valence-corrected chi connectivity index (χ2v) is 8.19. The first-order valence-electron chi connectivity index (χ1n) is 10.1. The summed E-state index contributed by atoms with van der Waals surface area (Å²) in [5, 5.41) is 4.22. The largest absolute Gasteiger partial charge is 0.494 e. The minimum Gasteiger partial charge on any atom is -0.494 e. The first-order chi connectivity index (χ1) is 15.3. The Morgan fingerprint density at radius 1 is 1.16 bits per heavy atom. The predicted molar refractivity (Wildman–Crippen MR) is 128 cm³/mol. The number of halogens is 1. The Hall–Kier alpha value is -2.98. The van der Waals surface area contributed by atoms with Crippen molar-refractivity contribution in [1.82, 2.24) is 15.3 Å². The molecule has 3 amide bonds. The minimum atomic E-state index is -0.947. The molecule has 1 aliphatic heterocycles. The van der Waals surface area contributed by atoms with Gasteiger partial charge in [-0.2, -0.15) is 0 Å². The second kappa shape index (κ2) is 10.6. The van der Waals surface area contributed by atoms with Crippen molar-refractivity contribution in [2.24, 2.45) is 0 Å². The maximum atomic E-state index is 12.9. The Labute approximate surface area is 200 Å². The molecule has 0 spiro atoms. The summed E-state index contributed by atoms with van der Waals surface area (Å²) in [7, 11) is 0. The molecule has 1 atom stereocenters. The van der Waals surface area contributed by atoms with Gasteiger partial charge < -0.3 is 10.1 Å². The average Bonchev–Trinajstić information content (AvgIpc) is 2.98. The number of hydrogen-bond acceptors (Lipinski definition) is 5.